The largest absolute Gasteiger partial charge is 0.368 e. The zero-order valence-corrected chi connectivity index (χ0v) is 20.2. The van der Waals surface area contributed by atoms with Crippen LogP contribution in [0.3, 0.4) is 0 Å². The van der Waals surface area contributed by atoms with E-state index in [1.165, 1.54) is 5.56 Å². The highest BCUT2D eigenvalue weighted by atomic mass is 16.2. The maximum absolute atomic E-state index is 12.4. The Hall–Kier alpha value is -2.93. The van der Waals surface area contributed by atoms with E-state index in [1.54, 1.807) is 0 Å². The lowest BCUT2D eigenvalue weighted by molar-refractivity contribution is -0.123. The minimum atomic E-state index is 0.0901. The smallest absolute Gasteiger partial charge is 0.234 e. The Morgan fingerprint density at radius 2 is 1.76 bits per heavy atom. The van der Waals surface area contributed by atoms with E-state index in [1.807, 2.05) is 31.1 Å². The van der Waals surface area contributed by atoms with Gasteiger partial charge in [0.2, 0.25) is 11.8 Å². The topological polar surface area (TPSA) is 68.8 Å². The summed E-state index contributed by atoms with van der Waals surface area (Å²) in [6.07, 6.45) is 5.17. The van der Waals surface area contributed by atoms with Gasteiger partial charge in [-0.1, -0.05) is 6.07 Å². The second kappa shape index (κ2) is 9.91. The molecule has 2 aliphatic heterocycles. The van der Waals surface area contributed by atoms with Crippen molar-refractivity contribution in [3.05, 3.63) is 42.2 Å². The van der Waals surface area contributed by atoms with E-state index >= 15 is 0 Å². The highest BCUT2D eigenvalue weighted by Crippen LogP contribution is 2.34. The lowest BCUT2D eigenvalue weighted by Gasteiger charge is -2.35. The number of nitrogens with zero attached hydrogens (tertiary/aromatic N) is 4. The highest BCUT2D eigenvalue weighted by molar-refractivity contribution is 5.97. The molecular weight excluding hydrogens is 414 g/mol. The van der Waals surface area contributed by atoms with Crippen LogP contribution in [-0.2, 0) is 16.0 Å². The lowest BCUT2D eigenvalue weighted by atomic mass is 9.95. The summed E-state index contributed by atoms with van der Waals surface area (Å²) in [7, 11) is 0. The third-order valence-corrected chi connectivity index (χ3v) is 6.34. The Morgan fingerprint density at radius 3 is 2.45 bits per heavy atom. The van der Waals surface area contributed by atoms with Gasteiger partial charge in [0.25, 0.3) is 0 Å². The number of carbonyl (C=O) groups is 2. The molecule has 33 heavy (non-hydrogen) atoms. The normalized spacial score (nSPS) is 17.0. The van der Waals surface area contributed by atoms with Gasteiger partial charge in [-0.15, -0.1) is 0 Å². The third-order valence-electron chi connectivity index (χ3n) is 6.34. The number of carbonyl (C=O) groups excluding carboxylic acids is 2. The van der Waals surface area contributed by atoms with Crippen molar-refractivity contribution in [1.82, 2.24) is 15.2 Å². The number of rotatable bonds is 6. The second-order valence-electron chi connectivity index (χ2n) is 9.62. The summed E-state index contributed by atoms with van der Waals surface area (Å²) in [5.41, 5.74) is 5.58. The first-order valence-electron chi connectivity index (χ1n) is 12.0. The monoisotopic (exact) mass is 449 g/mol. The molecule has 0 atom stereocenters. The molecule has 1 fully saturated rings. The molecule has 2 amide bonds. The Balaban J connectivity index is 1.45. The number of amides is 2. The van der Waals surface area contributed by atoms with Crippen molar-refractivity contribution in [2.75, 3.05) is 42.5 Å². The van der Waals surface area contributed by atoms with Crippen LogP contribution in [0.25, 0.3) is 11.1 Å². The van der Waals surface area contributed by atoms with Crippen molar-refractivity contribution in [2.24, 2.45) is 0 Å². The first kappa shape index (κ1) is 23.2. The standard InChI is InChI=1S/C26H35N5O2/c1-18(2)28-25(32)17-29-9-11-30(12-10-29)23-14-22(15-27-16-23)20-5-7-24-21(13-20)6-8-26(33)31(24)19(3)4/h5,7,13-16,18-19H,6,8-12,17H2,1-4H3,(H,28,32). The molecule has 2 aromatic rings. The predicted octanol–water partition coefficient (Wildman–Crippen LogP) is 3.08. The number of fused-ring (bicyclic) bond motifs is 1. The summed E-state index contributed by atoms with van der Waals surface area (Å²) in [6, 6.07) is 8.91. The van der Waals surface area contributed by atoms with Crippen LogP contribution >= 0.6 is 0 Å². The molecule has 7 heteroatoms. The summed E-state index contributed by atoms with van der Waals surface area (Å²) >= 11 is 0. The van der Waals surface area contributed by atoms with Crippen molar-refractivity contribution in [3.8, 4) is 11.1 Å². The molecule has 0 saturated carbocycles. The number of aryl methyl sites for hydroxylation is 1. The summed E-state index contributed by atoms with van der Waals surface area (Å²) in [5, 5.41) is 2.97. The Labute approximate surface area is 196 Å². The summed E-state index contributed by atoms with van der Waals surface area (Å²) in [6.45, 7) is 12.0. The Bertz CT molecular complexity index is 1010. The van der Waals surface area contributed by atoms with Crippen LogP contribution in [0.5, 0.6) is 0 Å². The maximum atomic E-state index is 12.4. The number of hydrogen-bond acceptors (Lipinski definition) is 5. The van der Waals surface area contributed by atoms with Crippen molar-refractivity contribution >= 4 is 23.2 Å². The van der Waals surface area contributed by atoms with Gasteiger partial charge in [-0.3, -0.25) is 19.5 Å². The Kier molecular flexibility index (Phi) is 6.98. The molecule has 1 aromatic heterocycles. The first-order chi connectivity index (χ1) is 15.8. The van der Waals surface area contributed by atoms with Gasteiger partial charge in [0.05, 0.1) is 18.4 Å². The zero-order chi connectivity index (χ0) is 23.5. The van der Waals surface area contributed by atoms with Crippen molar-refractivity contribution < 1.29 is 9.59 Å². The van der Waals surface area contributed by atoms with Gasteiger partial charge in [-0.05, 0) is 63.4 Å². The van der Waals surface area contributed by atoms with Crippen molar-refractivity contribution in [2.45, 2.75) is 52.6 Å². The molecule has 0 spiro atoms. The number of piperazine rings is 1. The van der Waals surface area contributed by atoms with Crippen molar-refractivity contribution in [3.63, 3.8) is 0 Å². The highest BCUT2D eigenvalue weighted by Gasteiger charge is 2.26. The van der Waals surface area contributed by atoms with Crippen LogP contribution in [-0.4, -0.2) is 66.5 Å². The van der Waals surface area contributed by atoms with Gasteiger partial charge in [-0.2, -0.15) is 0 Å². The van der Waals surface area contributed by atoms with Crippen LogP contribution in [0.15, 0.2) is 36.7 Å². The van der Waals surface area contributed by atoms with Crippen LogP contribution in [0.2, 0.25) is 0 Å². The molecule has 0 unspecified atom stereocenters. The summed E-state index contributed by atoms with van der Waals surface area (Å²) in [5.74, 6) is 0.294. The van der Waals surface area contributed by atoms with E-state index in [-0.39, 0.29) is 23.9 Å². The Morgan fingerprint density at radius 1 is 1.00 bits per heavy atom. The second-order valence-corrected chi connectivity index (χ2v) is 9.62. The number of aromatic nitrogens is 1. The van der Waals surface area contributed by atoms with E-state index in [0.717, 1.165) is 55.1 Å². The molecule has 0 aliphatic carbocycles. The molecule has 1 aromatic carbocycles. The fourth-order valence-corrected chi connectivity index (χ4v) is 4.76. The van der Waals surface area contributed by atoms with Gasteiger partial charge in [0, 0.05) is 62.1 Å². The molecular formula is C26H35N5O2. The third kappa shape index (κ3) is 5.36. The number of benzene rings is 1. The molecule has 3 heterocycles. The van der Waals surface area contributed by atoms with Crippen molar-refractivity contribution in [1.29, 1.82) is 0 Å². The number of pyridine rings is 1. The molecule has 176 valence electrons. The average Bonchev–Trinajstić information content (AvgIpc) is 2.78. The van der Waals surface area contributed by atoms with Crippen LogP contribution in [0.4, 0.5) is 11.4 Å². The van der Waals surface area contributed by atoms with Gasteiger partial charge in [0.1, 0.15) is 0 Å². The minimum absolute atomic E-state index is 0.0901. The minimum Gasteiger partial charge on any atom is -0.368 e. The first-order valence-corrected chi connectivity index (χ1v) is 12.0. The maximum Gasteiger partial charge on any atom is 0.234 e. The van der Waals surface area contributed by atoms with Crippen LogP contribution in [0.1, 0.15) is 39.7 Å². The number of hydrogen-bond donors (Lipinski definition) is 1. The van der Waals surface area contributed by atoms with Gasteiger partial charge in [0.15, 0.2) is 0 Å². The van der Waals surface area contributed by atoms with E-state index in [2.05, 4.69) is 58.2 Å². The lowest BCUT2D eigenvalue weighted by Crippen LogP contribution is -2.50. The molecule has 7 nitrogen and oxygen atoms in total. The van der Waals surface area contributed by atoms with E-state index in [0.29, 0.717) is 13.0 Å². The molecule has 1 saturated heterocycles. The van der Waals surface area contributed by atoms with Crippen LogP contribution < -0.4 is 15.1 Å². The van der Waals surface area contributed by atoms with E-state index < -0.39 is 0 Å². The molecule has 1 N–H and O–H groups in total. The molecule has 0 bridgehead atoms. The van der Waals surface area contributed by atoms with E-state index in [9.17, 15) is 9.59 Å². The predicted molar refractivity (Wildman–Crippen MR) is 133 cm³/mol. The number of nitrogens with one attached hydrogen (secondary N) is 1. The molecule has 4 rings (SSSR count). The molecule has 2 aliphatic rings. The average molecular weight is 450 g/mol. The van der Waals surface area contributed by atoms with Gasteiger partial charge in [-0.25, -0.2) is 0 Å². The molecule has 0 radical (unpaired) electrons. The summed E-state index contributed by atoms with van der Waals surface area (Å²) in [4.78, 5) is 35.4. The van der Waals surface area contributed by atoms with Gasteiger partial charge >= 0.3 is 0 Å². The quantitative estimate of drug-likeness (QED) is 0.734. The van der Waals surface area contributed by atoms with E-state index in [4.69, 9.17) is 0 Å². The fourth-order valence-electron chi connectivity index (χ4n) is 4.76. The zero-order valence-electron chi connectivity index (χ0n) is 20.2. The number of anilines is 2. The van der Waals surface area contributed by atoms with Crippen LogP contribution in [0, 0.1) is 0 Å². The SMILES string of the molecule is CC(C)NC(=O)CN1CCN(c2cncc(-c3ccc4c(c3)CCC(=O)N4C(C)C)c2)CC1. The fraction of sp³-hybridized carbons (Fsp3) is 0.500. The summed E-state index contributed by atoms with van der Waals surface area (Å²) < 4.78 is 0. The van der Waals surface area contributed by atoms with Gasteiger partial charge < -0.3 is 15.1 Å².